The van der Waals surface area contributed by atoms with Crippen LogP contribution in [0.25, 0.3) is 0 Å². The molecule has 0 fully saturated rings. The number of carbonyl (C=O) groups is 2. The van der Waals surface area contributed by atoms with Crippen molar-refractivity contribution in [2.24, 2.45) is 0 Å². The minimum atomic E-state index is -1.04. The molecule has 0 aromatic heterocycles. The van der Waals surface area contributed by atoms with Crippen molar-refractivity contribution in [2.75, 3.05) is 29.9 Å². The van der Waals surface area contributed by atoms with E-state index in [1.165, 1.54) is 5.56 Å². The molecule has 160 valence electrons. The standard InChI is InChI=1S/C24H31N3O3/c1-4-27(5-2)21-13-11-20(12-14-21)25-22(28)24(26-23(29)30-6-3)16-15-18-9-7-8-10-19(18)17-24/h7-14H,4-6,15-17H2,1-3H3,(H,25,28)(H,26,29). The molecule has 2 amide bonds. The van der Waals surface area contributed by atoms with Crippen molar-refractivity contribution in [3.05, 3.63) is 59.7 Å². The quantitative estimate of drug-likeness (QED) is 0.721. The van der Waals surface area contributed by atoms with Crippen molar-refractivity contribution in [1.29, 1.82) is 0 Å². The van der Waals surface area contributed by atoms with Crippen LogP contribution < -0.4 is 15.5 Å². The third-order valence-electron chi connectivity index (χ3n) is 5.74. The fourth-order valence-electron chi connectivity index (χ4n) is 4.05. The van der Waals surface area contributed by atoms with Gasteiger partial charge in [-0.2, -0.15) is 0 Å². The summed E-state index contributed by atoms with van der Waals surface area (Å²) in [4.78, 5) is 27.9. The zero-order valence-electron chi connectivity index (χ0n) is 18.0. The monoisotopic (exact) mass is 409 g/mol. The van der Waals surface area contributed by atoms with E-state index in [4.69, 9.17) is 4.74 Å². The lowest BCUT2D eigenvalue weighted by Crippen LogP contribution is -2.60. The Bertz CT molecular complexity index is 878. The number of hydrogen-bond acceptors (Lipinski definition) is 4. The number of benzene rings is 2. The fraction of sp³-hybridized carbons (Fsp3) is 0.417. The van der Waals surface area contributed by atoms with Crippen LogP contribution in [0, 0.1) is 0 Å². The number of nitrogens with one attached hydrogen (secondary N) is 2. The van der Waals surface area contributed by atoms with Crippen LogP contribution in [0.5, 0.6) is 0 Å². The van der Waals surface area contributed by atoms with E-state index in [9.17, 15) is 9.59 Å². The van der Waals surface area contributed by atoms with Gasteiger partial charge in [0.15, 0.2) is 0 Å². The van der Waals surface area contributed by atoms with Crippen molar-refractivity contribution in [3.8, 4) is 0 Å². The molecule has 2 aromatic carbocycles. The first-order chi connectivity index (χ1) is 14.5. The van der Waals surface area contributed by atoms with Gasteiger partial charge in [0.2, 0.25) is 0 Å². The van der Waals surface area contributed by atoms with Gasteiger partial charge in [-0.1, -0.05) is 24.3 Å². The highest BCUT2D eigenvalue weighted by Gasteiger charge is 2.43. The van der Waals surface area contributed by atoms with E-state index in [1.807, 2.05) is 42.5 Å². The minimum absolute atomic E-state index is 0.222. The maximum Gasteiger partial charge on any atom is 0.408 e. The smallest absolute Gasteiger partial charge is 0.408 e. The fourth-order valence-corrected chi connectivity index (χ4v) is 4.05. The number of fused-ring (bicyclic) bond motifs is 1. The van der Waals surface area contributed by atoms with Crippen LogP contribution >= 0.6 is 0 Å². The van der Waals surface area contributed by atoms with Gasteiger partial charge in [-0.3, -0.25) is 4.79 Å². The van der Waals surface area contributed by atoms with Crippen LogP contribution in [0.2, 0.25) is 0 Å². The van der Waals surface area contributed by atoms with Crippen LogP contribution in [0.3, 0.4) is 0 Å². The van der Waals surface area contributed by atoms with E-state index in [1.54, 1.807) is 6.92 Å². The molecule has 1 unspecified atom stereocenters. The minimum Gasteiger partial charge on any atom is -0.450 e. The molecule has 3 rings (SSSR count). The highest BCUT2D eigenvalue weighted by molar-refractivity contribution is 6.00. The number of carbonyl (C=O) groups excluding carboxylic acids is 2. The van der Waals surface area contributed by atoms with Gasteiger partial charge in [-0.05, 0) is 69.0 Å². The second-order valence-electron chi connectivity index (χ2n) is 7.55. The summed E-state index contributed by atoms with van der Waals surface area (Å²) >= 11 is 0. The number of aryl methyl sites for hydroxylation is 1. The Kier molecular flexibility index (Phi) is 6.98. The second kappa shape index (κ2) is 9.65. The topological polar surface area (TPSA) is 70.7 Å². The predicted octanol–water partition coefficient (Wildman–Crippen LogP) is 4.15. The molecule has 0 radical (unpaired) electrons. The van der Waals surface area contributed by atoms with E-state index in [2.05, 4.69) is 35.4 Å². The molecule has 6 heteroatoms. The number of amides is 2. The molecule has 1 aliphatic rings. The summed E-state index contributed by atoms with van der Waals surface area (Å²) in [6.07, 6.45) is 1.11. The van der Waals surface area contributed by atoms with Crippen LogP contribution in [-0.4, -0.2) is 37.2 Å². The lowest BCUT2D eigenvalue weighted by molar-refractivity contribution is -0.122. The second-order valence-corrected chi connectivity index (χ2v) is 7.55. The van der Waals surface area contributed by atoms with Gasteiger partial charge in [-0.25, -0.2) is 4.79 Å². The molecule has 0 bridgehead atoms. The van der Waals surface area contributed by atoms with Gasteiger partial charge in [0.05, 0.1) is 6.61 Å². The summed E-state index contributed by atoms with van der Waals surface area (Å²) in [6, 6.07) is 15.9. The van der Waals surface area contributed by atoms with Crippen molar-refractivity contribution in [1.82, 2.24) is 5.32 Å². The Balaban J connectivity index is 1.81. The number of hydrogen-bond donors (Lipinski definition) is 2. The molecule has 2 N–H and O–H groups in total. The molecule has 0 saturated carbocycles. The maximum atomic E-state index is 13.4. The Morgan fingerprint density at radius 3 is 2.30 bits per heavy atom. The first-order valence-corrected chi connectivity index (χ1v) is 10.7. The van der Waals surface area contributed by atoms with Crippen LogP contribution in [0.4, 0.5) is 16.2 Å². The summed E-state index contributed by atoms with van der Waals surface area (Å²) in [5.41, 5.74) is 3.07. The lowest BCUT2D eigenvalue weighted by atomic mass is 9.77. The summed E-state index contributed by atoms with van der Waals surface area (Å²) < 4.78 is 5.09. The summed E-state index contributed by atoms with van der Waals surface area (Å²) in [6.45, 7) is 8.09. The van der Waals surface area contributed by atoms with E-state index < -0.39 is 11.6 Å². The molecular formula is C24H31N3O3. The normalized spacial score (nSPS) is 17.6. The third kappa shape index (κ3) is 4.75. The summed E-state index contributed by atoms with van der Waals surface area (Å²) in [7, 11) is 0. The van der Waals surface area contributed by atoms with Gasteiger partial charge in [0.25, 0.3) is 5.91 Å². The number of ether oxygens (including phenoxy) is 1. The van der Waals surface area contributed by atoms with Gasteiger partial charge in [-0.15, -0.1) is 0 Å². The Hall–Kier alpha value is -3.02. The zero-order chi connectivity index (χ0) is 21.6. The van der Waals surface area contributed by atoms with Gasteiger partial charge in [0.1, 0.15) is 5.54 Å². The van der Waals surface area contributed by atoms with Gasteiger partial charge in [0, 0.05) is 30.9 Å². The van der Waals surface area contributed by atoms with E-state index in [0.717, 1.165) is 30.8 Å². The van der Waals surface area contributed by atoms with Gasteiger partial charge < -0.3 is 20.3 Å². The molecule has 30 heavy (non-hydrogen) atoms. The molecule has 6 nitrogen and oxygen atoms in total. The molecule has 0 aliphatic heterocycles. The number of nitrogens with zero attached hydrogens (tertiary/aromatic N) is 1. The largest absolute Gasteiger partial charge is 0.450 e. The molecule has 0 saturated heterocycles. The van der Waals surface area contributed by atoms with Gasteiger partial charge >= 0.3 is 6.09 Å². The van der Waals surface area contributed by atoms with Crippen LogP contribution in [-0.2, 0) is 22.4 Å². The molecule has 0 heterocycles. The molecule has 2 aromatic rings. The summed E-state index contributed by atoms with van der Waals surface area (Å²) in [5, 5.41) is 5.87. The van der Waals surface area contributed by atoms with E-state index in [0.29, 0.717) is 18.5 Å². The van der Waals surface area contributed by atoms with Crippen molar-refractivity contribution in [3.63, 3.8) is 0 Å². The first-order valence-electron chi connectivity index (χ1n) is 10.7. The predicted molar refractivity (Wildman–Crippen MR) is 120 cm³/mol. The van der Waals surface area contributed by atoms with Crippen molar-refractivity contribution >= 4 is 23.4 Å². The Labute approximate surface area is 178 Å². The molecular weight excluding hydrogens is 378 g/mol. The SMILES string of the molecule is CCOC(=O)NC1(C(=O)Nc2ccc(N(CC)CC)cc2)CCc2ccccc2C1. The van der Waals surface area contributed by atoms with E-state index >= 15 is 0 Å². The van der Waals surface area contributed by atoms with Crippen molar-refractivity contribution in [2.45, 2.75) is 45.6 Å². The van der Waals surface area contributed by atoms with E-state index in [-0.39, 0.29) is 12.5 Å². The van der Waals surface area contributed by atoms with Crippen molar-refractivity contribution < 1.29 is 14.3 Å². The highest BCUT2D eigenvalue weighted by Crippen LogP contribution is 2.30. The maximum absolute atomic E-state index is 13.4. The molecule has 1 aliphatic carbocycles. The first kappa shape index (κ1) is 21.7. The Morgan fingerprint density at radius 1 is 1.00 bits per heavy atom. The summed E-state index contributed by atoms with van der Waals surface area (Å²) in [5.74, 6) is -0.222. The average molecular weight is 410 g/mol. The number of anilines is 2. The zero-order valence-corrected chi connectivity index (χ0v) is 18.0. The molecule has 0 spiro atoms. The Morgan fingerprint density at radius 2 is 1.67 bits per heavy atom. The molecule has 1 atom stereocenters. The lowest BCUT2D eigenvalue weighted by Gasteiger charge is -2.37. The van der Waals surface area contributed by atoms with Crippen LogP contribution in [0.15, 0.2) is 48.5 Å². The third-order valence-corrected chi connectivity index (χ3v) is 5.74. The number of rotatable bonds is 7. The number of alkyl carbamates (subject to hydrolysis) is 1. The highest BCUT2D eigenvalue weighted by atomic mass is 16.5. The van der Waals surface area contributed by atoms with Crippen LogP contribution in [0.1, 0.15) is 38.3 Å². The average Bonchev–Trinajstić information content (AvgIpc) is 2.75.